The number of rotatable bonds is 4. The van der Waals surface area contributed by atoms with Gasteiger partial charge >= 0.3 is 0 Å². The van der Waals surface area contributed by atoms with Crippen molar-refractivity contribution in [2.45, 2.75) is 13.8 Å². The highest BCUT2D eigenvalue weighted by molar-refractivity contribution is 9.10. The second-order valence-electron chi connectivity index (χ2n) is 5.24. The third-order valence-electron chi connectivity index (χ3n) is 3.29. The third-order valence-corrected chi connectivity index (χ3v) is 5.11. The fourth-order valence-electron chi connectivity index (χ4n) is 2.10. The monoisotopic (exact) mass is 390 g/mol. The van der Waals surface area contributed by atoms with Crippen molar-refractivity contribution in [3.63, 3.8) is 0 Å². The summed E-state index contributed by atoms with van der Waals surface area (Å²) in [5.41, 5.74) is 3.12. The number of ether oxygens (including phenoxy) is 1. The average molecular weight is 391 g/mol. The number of carbonyl (C=O) groups is 1. The van der Waals surface area contributed by atoms with Crippen LogP contribution in [0.1, 0.15) is 11.1 Å². The van der Waals surface area contributed by atoms with Gasteiger partial charge in [0.1, 0.15) is 5.75 Å². The van der Waals surface area contributed by atoms with E-state index < -0.39 is 0 Å². The minimum Gasteiger partial charge on any atom is -0.484 e. The molecule has 118 valence electrons. The number of benzene rings is 2. The van der Waals surface area contributed by atoms with E-state index in [-0.39, 0.29) is 12.5 Å². The van der Waals surface area contributed by atoms with E-state index in [0.717, 1.165) is 20.3 Å². The van der Waals surface area contributed by atoms with E-state index in [0.29, 0.717) is 10.9 Å². The largest absolute Gasteiger partial charge is 0.484 e. The molecular formula is C17H15BrN2O2S. The summed E-state index contributed by atoms with van der Waals surface area (Å²) >= 11 is 4.89. The number of nitrogens with zero attached hydrogens (tertiary/aromatic N) is 1. The molecule has 1 amide bonds. The number of anilines is 1. The molecule has 1 heterocycles. The van der Waals surface area contributed by atoms with Crippen molar-refractivity contribution in [1.29, 1.82) is 0 Å². The van der Waals surface area contributed by atoms with Crippen molar-refractivity contribution in [2.24, 2.45) is 0 Å². The molecule has 0 fully saturated rings. The molecule has 0 spiro atoms. The summed E-state index contributed by atoms with van der Waals surface area (Å²) in [6, 6.07) is 11.6. The Hall–Kier alpha value is -1.92. The zero-order chi connectivity index (χ0) is 16.4. The molecule has 0 atom stereocenters. The van der Waals surface area contributed by atoms with E-state index in [1.165, 1.54) is 16.9 Å². The quantitative estimate of drug-likeness (QED) is 0.702. The average Bonchev–Trinajstić information content (AvgIpc) is 2.89. The molecule has 0 unspecified atom stereocenters. The Morgan fingerprint density at radius 2 is 2.09 bits per heavy atom. The highest BCUT2D eigenvalue weighted by Gasteiger charge is 2.09. The molecule has 0 bridgehead atoms. The predicted octanol–water partition coefficient (Wildman–Crippen LogP) is 4.69. The first kappa shape index (κ1) is 16.0. The van der Waals surface area contributed by atoms with Crippen LogP contribution in [0.5, 0.6) is 5.75 Å². The molecule has 0 saturated carbocycles. The van der Waals surface area contributed by atoms with Gasteiger partial charge in [0.2, 0.25) is 0 Å². The van der Waals surface area contributed by atoms with Crippen molar-refractivity contribution >= 4 is 48.5 Å². The van der Waals surface area contributed by atoms with Crippen molar-refractivity contribution in [2.75, 3.05) is 11.9 Å². The zero-order valence-electron chi connectivity index (χ0n) is 12.7. The lowest BCUT2D eigenvalue weighted by molar-refractivity contribution is -0.118. The Labute approximate surface area is 146 Å². The minimum absolute atomic E-state index is 0.0456. The van der Waals surface area contributed by atoms with Gasteiger partial charge in [0.15, 0.2) is 11.7 Å². The lowest BCUT2D eigenvalue weighted by atomic mass is 10.2. The fraction of sp³-hybridized carbons (Fsp3) is 0.176. The Balaban J connectivity index is 1.62. The summed E-state index contributed by atoms with van der Waals surface area (Å²) in [4.78, 5) is 16.4. The molecule has 1 aromatic heterocycles. The number of carbonyl (C=O) groups excluding carboxylic acids is 1. The molecular weight excluding hydrogens is 376 g/mol. The van der Waals surface area contributed by atoms with Crippen LogP contribution >= 0.6 is 27.3 Å². The van der Waals surface area contributed by atoms with Crippen LogP contribution in [0.25, 0.3) is 10.2 Å². The molecule has 23 heavy (non-hydrogen) atoms. The van der Waals surface area contributed by atoms with Crippen LogP contribution in [0.4, 0.5) is 5.13 Å². The minimum atomic E-state index is -0.221. The van der Waals surface area contributed by atoms with Gasteiger partial charge in [-0.05, 0) is 55.3 Å². The van der Waals surface area contributed by atoms with Crippen LogP contribution in [-0.2, 0) is 4.79 Å². The summed E-state index contributed by atoms with van der Waals surface area (Å²) in [6.45, 7) is 3.96. The summed E-state index contributed by atoms with van der Waals surface area (Å²) in [5.74, 6) is 0.446. The first-order valence-corrected chi connectivity index (χ1v) is 8.68. The fourth-order valence-corrected chi connectivity index (χ4v) is 3.32. The molecule has 3 rings (SSSR count). The number of hydrogen-bond acceptors (Lipinski definition) is 4. The van der Waals surface area contributed by atoms with E-state index in [1.807, 2.05) is 44.2 Å². The number of fused-ring (bicyclic) bond motifs is 1. The van der Waals surface area contributed by atoms with E-state index in [1.54, 1.807) is 0 Å². The van der Waals surface area contributed by atoms with Crippen molar-refractivity contribution in [3.05, 3.63) is 52.0 Å². The Kier molecular flexibility index (Phi) is 4.63. The molecule has 0 radical (unpaired) electrons. The van der Waals surface area contributed by atoms with E-state index in [4.69, 9.17) is 4.74 Å². The van der Waals surface area contributed by atoms with Gasteiger partial charge in [-0.3, -0.25) is 10.1 Å². The van der Waals surface area contributed by atoms with Gasteiger partial charge in [0.25, 0.3) is 5.91 Å². The Morgan fingerprint density at radius 3 is 2.87 bits per heavy atom. The number of halogens is 1. The maximum absolute atomic E-state index is 12.0. The molecule has 0 aliphatic carbocycles. The topological polar surface area (TPSA) is 51.2 Å². The molecule has 6 heteroatoms. The summed E-state index contributed by atoms with van der Waals surface area (Å²) in [5, 5.41) is 3.37. The molecule has 4 nitrogen and oxygen atoms in total. The van der Waals surface area contributed by atoms with E-state index in [2.05, 4.69) is 32.3 Å². The Morgan fingerprint density at radius 1 is 1.26 bits per heavy atom. The van der Waals surface area contributed by atoms with Crippen LogP contribution in [0, 0.1) is 13.8 Å². The van der Waals surface area contributed by atoms with Crippen molar-refractivity contribution in [1.82, 2.24) is 4.98 Å². The standard InChI is InChI=1S/C17H15BrN2O2S/c1-10-3-6-14-15(7-10)23-17(19-14)20-16(21)9-22-12-4-5-13(18)11(2)8-12/h3-8H,9H2,1-2H3,(H,19,20,21). The highest BCUT2D eigenvalue weighted by Crippen LogP contribution is 2.26. The molecule has 0 saturated heterocycles. The van der Waals surface area contributed by atoms with Crippen LogP contribution in [0.3, 0.4) is 0 Å². The van der Waals surface area contributed by atoms with Gasteiger partial charge < -0.3 is 4.74 Å². The van der Waals surface area contributed by atoms with Crippen LogP contribution in [-0.4, -0.2) is 17.5 Å². The molecule has 1 N–H and O–H groups in total. The number of thiazole rings is 1. The number of aryl methyl sites for hydroxylation is 2. The van der Waals surface area contributed by atoms with Gasteiger partial charge in [-0.25, -0.2) is 4.98 Å². The van der Waals surface area contributed by atoms with Gasteiger partial charge in [0.05, 0.1) is 10.2 Å². The van der Waals surface area contributed by atoms with Crippen LogP contribution in [0.2, 0.25) is 0 Å². The number of aromatic nitrogens is 1. The summed E-state index contributed by atoms with van der Waals surface area (Å²) < 4.78 is 7.59. The zero-order valence-corrected chi connectivity index (χ0v) is 15.1. The van der Waals surface area contributed by atoms with Crippen molar-refractivity contribution in [3.8, 4) is 5.75 Å². The van der Waals surface area contributed by atoms with Crippen LogP contribution in [0.15, 0.2) is 40.9 Å². The summed E-state index contributed by atoms with van der Waals surface area (Å²) in [7, 11) is 0. The van der Waals surface area contributed by atoms with E-state index >= 15 is 0 Å². The maximum Gasteiger partial charge on any atom is 0.264 e. The van der Waals surface area contributed by atoms with Crippen LogP contribution < -0.4 is 10.1 Å². The SMILES string of the molecule is Cc1ccc2nc(NC(=O)COc3ccc(Br)c(C)c3)sc2c1. The van der Waals surface area contributed by atoms with E-state index in [9.17, 15) is 4.79 Å². The smallest absolute Gasteiger partial charge is 0.264 e. The lowest BCUT2D eigenvalue weighted by Gasteiger charge is -2.07. The van der Waals surface area contributed by atoms with Crippen molar-refractivity contribution < 1.29 is 9.53 Å². The summed E-state index contributed by atoms with van der Waals surface area (Å²) in [6.07, 6.45) is 0. The number of amides is 1. The molecule has 2 aromatic carbocycles. The van der Waals surface area contributed by atoms with Gasteiger partial charge in [-0.15, -0.1) is 0 Å². The predicted molar refractivity (Wildman–Crippen MR) is 97.4 cm³/mol. The highest BCUT2D eigenvalue weighted by atomic mass is 79.9. The van der Waals surface area contributed by atoms with Gasteiger partial charge in [-0.1, -0.05) is 33.3 Å². The van der Waals surface area contributed by atoms with Gasteiger partial charge in [-0.2, -0.15) is 0 Å². The number of hydrogen-bond donors (Lipinski definition) is 1. The molecule has 3 aromatic rings. The lowest BCUT2D eigenvalue weighted by Crippen LogP contribution is -2.20. The second kappa shape index (κ2) is 6.68. The number of nitrogens with one attached hydrogen (secondary N) is 1. The maximum atomic E-state index is 12.0. The first-order chi connectivity index (χ1) is 11.0. The Bertz CT molecular complexity index is 876. The molecule has 0 aliphatic heterocycles. The normalized spacial score (nSPS) is 10.7. The van der Waals surface area contributed by atoms with Gasteiger partial charge in [0, 0.05) is 4.47 Å². The third kappa shape index (κ3) is 3.89. The first-order valence-electron chi connectivity index (χ1n) is 7.07. The molecule has 0 aliphatic rings. The second-order valence-corrected chi connectivity index (χ2v) is 7.12.